The van der Waals surface area contributed by atoms with Gasteiger partial charge in [-0.05, 0) is 87.5 Å². The van der Waals surface area contributed by atoms with Crippen molar-refractivity contribution in [3.63, 3.8) is 0 Å². The number of aliphatic hydroxyl groups excluding tert-OH is 1. The van der Waals surface area contributed by atoms with Crippen LogP contribution in [0.25, 0.3) is 16.8 Å². The summed E-state index contributed by atoms with van der Waals surface area (Å²) >= 11 is 1.49. The Morgan fingerprint density at radius 1 is 0.852 bits per heavy atom. The lowest BCUT2D eigenvalue weighted by molar-refractivity contribution is -0.268. The second-order valence-corrected chi connectivity index (χ2v) is 14.4. The lowest BCUT2D eigenvalue weighted by atomic mass is 9.91. The first-order chi connectivity index (χ1) is 26.3. The van der Waals surface area contributed by atoms with Crippen LogP contribution < -0.4 is 10.6 Å². The highest BCUT2D eigenvalue weighted by Crippen LogP contribution is 2.43. The number of carbonyl (C=O) groups excluding carboxylic acids is 2. The summed E-state index contributed by atoms with van der Waals surface area (Å²) in [5, 5.41) is 38.1. The molecule has 4 N–H and O–H groups in total. The molecular formula is C41H46N6O6S. The zero-order chi connectivity index (χ0) is 37.9. The summed E-state index contributed by atoms with van der Waals surface area (Å²) in [5.41, 5.74) is 6.42. The van der Waals surface area contributed by atoms with Gasteiger partial charge in [-0.2, -0.15) is 4.68 Å². The van der Waals surface area contributed by atoms with Crippen molar-refractivity contribution in [2.24, 2.45) is 5.92 Å². The van der Waals surface area contributed by atoms with Gasteiger partial charge in [0.1, 0.15) is 5.75 Å². The summed E-state index contributed by atoms with van der Waals surface area (Å²) in [4.78, 5) is 23.5. The molecule has 0 saturated carbocycles. The highest BCUT2D eigenvalue weighted by molar-refractivity contribution is 7.99. The molecule has 1 fully saturated rings. The number of hydrogen-bond donors (Lipinski definition) is 4. The van der Waals surface area contributed by atoms with Crippen molar-refractivity contribution in [2.45, 2.75) is 76.3 Å². The van der Waals surface area contributed by atoms with Gasteiger partial charge in [0.2, 0.25) is 17.0 Å². The van der Waals surface area contributed by atoms with E-state index in [1.807, 2.05) is 54.6 Å². The van der Waals surface area contributed by atoms with Crippen molar-refractivity contribution in [3.8, 4) is 22.6 Å². The molecule has 4 atom stereocenters. The average Bonchev–Trinajstić information content (AvgIpc) is 3.67. The quantitative estimate of drug-likeness (QED) is 0.0654. The molecule has 1 aliphatic heterocycles. The van der Waals surface area contributed by atoms with E-state index in [1.165, 1.54) is 18.7 Å². The number of aromatic hydroxyl groups is 1. The Labute approximate surface area is 319 Å². The third-order valence-electron chi connectivity index (χ3n) is 9.40. The van der Waals surface area contributed by atoms with Crippen LogP contribution in [0, 0.1) is 5.92 Å². The maximum atomic E-state index is 12.5. The van der Waals surface area contributed by atoms with E-state index in [0.717, 1.165) is 58.3 Å². The third-order valence-corrected chi connectivity index (χ3v) is 10.4. The Kier molecular flexibility index (Phi) is 13.4. The minimum Gasteiger partial charge on any atom is -0.508 e. The molecule has 13 heteroatoms. The first-order valence-corrected chi connectivity index (χ1v) is 19.2. The van der Waals surface area contributed by atoms with Crippen LogP contribution in [0.15, 0.2) is 102 Å². The SMILES string of the molecule is CC(=O)NCCCCCC(=O)NCc1cccc(-c2cccc([C@H]3O[C@@H](CSc4nnnn4-c4ccc(O)cc4)[C@@H](C)[C@@H](c4ccc(CO)cc4)O3)c2)c1. The minimum absolute atomic E-state index is 0.00729. The molecule has 54 heavy (non-hydrogen) atoms. The second kappa shape index (κ2) is 18.8. The van der Waals surface area contributed by atoms with E-state index in [-0.39, 0.29) is 42.3 Å². The summed E-state index contributed by atoms with van der Waals surface area (Å²) in [5.74, 6) is 0.647. The Balaban J connectivity index is 1.15. The maximum Gasteiger partial charge on any atom is 0.220 e. The van der Waals surface area contributed by atoms with Gasteiger partial charge in [0.25, 0.3) is 0 Å². The number of hydrogen-bond acceptors (Lipinski definition) is 10. The number of aliphatic hydroxyl groups is 1. The zero-order valence-corrected chi connectivity index (χ0v) is 31.2. The van der Waals surface area contributed by atoms with E-state index < -0.39 is 6.29 Å². The normalized spacial score (nSPS) is 18.3. The second-order valence-electron chi connectivity index (χ2n) is 13.4. The number of rotatable bonds is 16. The molecule has 0 radical (unpaired) electrons. The summed E-state index contributed by atoms with van der Waals surface area (Å²) < 4.78 is 15.1. The van der Waals surface area contributed by atoms with Gasteiger partial charge in [-0.3, -0.25) is 9.59 Å². The van der Waals surface area contributed by atoms with E-state index in [4.69, 9.17) is 9.47 Å². The average molecular weight is 751 g/mol. The van der Waals surface area contributed by atoms with Gasteiger partial charge in [-0.1, -0.05) is 85.8 Å². The Hall–Kier alpha value is -5.08. The molecule has 12 nitrogen and oxygen atoms in total. The van der Waals surface area contributed by atoms with Crippen molar-refractivity contribution in [1.82, 2.24) is 30.8 Å². The van der Waals surface area contributed by atoms with Gasteiger partial charge in [0.15, 0.2) is 6.29 Å². The van der Waals surface area contributed by atoms with Crippen LogP contribution in [-0.2, 0) is 32.2 Å². The standard InChI is InChI=1S/C41H46N6O6S/c1-27-37(26-54-41-44-45-46-47(41)35-17-19-36(50)20-18-35)52-40(53-39(27)31-15-13-29(25-48)14-16-31)34-11-7-10-33(23-34)32-9-6-8-30(22-32)24-43-38(51)12-4-3-5-21-42-28(2)49/h6-11,13-20,22-23,27,37,39-40,48,50H,3-5,12,21,24-26H2,1-2H3,(H,42,49)(H,43,51)/t27-,37+,39+,40+/m1/s1. The zero-order valence-electron chi connectivity index (χ0n) is 30.4. The fourth-order valence-electron chi connectivity index (χ4n) is 6.36. The summed E-state index contributed by atoms with van der Waals surface area (Å²) in [6.45, 7) is 4.64. The predicted molar refractivity (Wildman–Crippen MR) is 205 cm³/mol. The van der Waals surface area contributed by atoms with Crippen molar-refractivity contribution in [3.05, 3.63) is 119 Å². The number of thioether (sulfide) groups is 1. The third kappa shape index (κ3) is 10.3. The number of tetrazole rings is 1. The highest BCUT2D eigenvalue weighted by atomic mass is 32.2. The Bertz CT molecular complexity index is 1990. The molecule has 0 unspecified atom stereocenters. The van der Waals surface area contributed by atoms with Gasteiger partial charge in [0.05, 0.1) is 24.5 Å². The van der Waals surface area contributed by atoms with E-state index in [0.29, 0.717) is 30.4 Å². The van der Waals surface area contributed by atoms with E-state index in [9.17, 15) is 19.8 Å². The molecular weight excluding hydrogens is 705 g/mol. The highest BCUT2D eigenvalue weighted by Gasteiger charge is 2.38. The number of phenolic OH excluding ortho intramolecular Hbond substituents is 1. The first-order valence-electron chi connectivity index (χ1n) is 18.2. The fourth-order valence-corrected chi connectivity index (χ4v) is 7.41. The molecule has 2 amide bonds. The first kappa shape index (κ1) is 38.6. The van der Waals surface area contributed by atoms with Gasteiger partial charge < -0.3 is 30.3 Å². The molecule has 1 aliphatic rings. The van der Waals surface area contributed by atoms with E-state index >= 15 is 0 Å². The number of aromatic nitrogens is 4. The van der Waals surface area contributed by atoms with Crippen LogP contribution in [0.3, 0.4) is 0 Å². The number of phenols is 1. The molecule has 0 spiro atoms. The van der Waals surface area contributed by atoms with Gasteiger partial charge in [-0.15, -0.1) is 5.10 Å². The summed E-state index contributed by atoms with van der Waals surface area (Å²) in [7, 11) is 0. The number of ether oxygens (including phenoxy) is 2. The predicted octanol–water partition coefficient (Wildman–Crippen LogP) is 6.42. The van der Waals surface area contributed by atoms with Crippen molar-refractivity contribution in [2.75, 3.05) is 12.3 Å². The monoisotopic (exact) mass is 750 g/mol. The van der Waals surface area contributed by atoms with Crippen LogP contribution in [0.1, 0.15) is 74.2 Å². The number of unbranched alkanes of at least 4 members (excludes halogenated alkanes) is 2. The molecule has 5 aromatic rings. The van der Waals surface area contributed by atoms with Crippen LogP contribution in [0.4, 0.5) is 0 Å². The largest absolute Gasteiger partial charge is 0.508 e. The van der Waals surface area contributed by atoms with E-state index in [1.54, 1.807) is 28.9 Å². The molecule has 0 aliphatic carbocycles. The Morgan fingerprint density at radius 2 is 1.61 bits per heavy atom. The number of carbonyl (C=O) groups is 2. The molecule has 1 saturated heterocycles. The molecule has 6 rings (SSSR count). The molecule has 282 valence electrons. The number of nitrogens with one attached hydrogen (secondary N) is 2. The van der Waals surface area contributed by atoms with Gasteiger partial charge >= 0.3 is 0 Å². The van der Waals surface area contributed by atoms with E-state index in [2.05, 4.69) is 51.3 Å². The van der Waals surface area contributed by atoms with Gasteiger partial charge in [0, 0.05) is 43.7 Å². The molecule has 1 aromatic heterocycles. The molecule has 4 aromatic carbocycles. The maximum absolute atomic E-state index is 12.5. The lowest BCUT2D eigenvalue weighted by Gasteiger charge is -2.41. The Morgan fingerprint density at radius 3 is 2.37 bits per heavy atom. The number of benzene rings is 4. The lowest BCUT2D eigenvalue weighted by Crippen LogP contribution is -2.38. The van der Waals surface area contributed by atoms with Crippen LogP contribution in [0.2, 0.25) is 0 Å². The number of amides is 2. The fraction of sp³-hybridized carbons (Fsp3) is 0.341. The van der Waals surface area contributed by atoms with Crippen LogP contribution in [-0.4, -0.2) is 60.6 Å². The van der Waals surface area contributed by atoms with Crippen molar-refractivity contribution >= 4 is 23.6 Å². The molecule has 0 bridgehead atoms. The smallest absolute Gasteiger partial charge is 0.220 e. The van der Waals surface area contributed by atoms with Gasteiger partial charge in [-0.25, -0.2) is 0 Å². The van der Waals surface area contributed by atoms with Crippen molar-refractivity contribution in [1.29, 1.82) is 0 Å². The minimum atomic E-state index is -0.664. The van der Waals surface area contributed by atoms with Crippen molar-refractivity contribution < 1.29 is 29.3 Å². The summed E-state index contributed by atoms with van der Waals surface area (Å²) in [6.07, 6.45) is 1.76. The van der Waals surface area contributed by atoms with Crippen LogP contribution in [0.5, 0.6) is 5.75 Å². The number of nitrogens with zero attached hydrogens (tertiary/aromatic N) is 4. The molecule has 2 heterocycles. The summed E-state index contributed by atoms with van der Waals surface area (Å²) in [6, 6.07) is 30.8. The van der Waals surface area contributed by atoms with Crippen LogP contribution >= 0.6 is 11.8 Å². The topological polar surface area (TPSA) is 161 Å².